The third kappa shape index (κ3) is 1.66. The van der Waals surface area contributed by atoms with Gasteiger partial charge >= 0.3 is 0 Å². The zero-order valence-corrected chi connectivity index (χ0v) is 11.3. The summed E-state index contributed by atoms with van der Waals surface area (Å²) in [6.07, 6.45) is 1.02. The number of fused-ring (bicyclic) bond motifs is 4. The maximum absolute atomic E-state index is 6.28. The van der Waals surface area contributed by atoms with E-state index in [4.69, 9.17) is 14.2 Å². The first-order valence-corrected chi connectivity index (χ1v) is 6.91. The molecule has 2 aromatic rings. The van der Waals surface area contributed by atoms with Gasteiger partial charge in [-0.15, -0.1) is 0 Å². The number of hydrogen-bond acceptors (Lipinski definition) is 3. The van der Waals surface area contributed by atoms with Crippen molar-refractivity contribution in [2.24, 2.45) is 5.92 Å². The van der Waals surface area contributed by atoms with Crippen molar-refractivity contribution in [2.45, 2.75) is 12.5 Å². The smallest absolute Gasteiger partial charge is 0.165 e. The minimum atomic E-state index is 0.0590. The van der Waals surface area contributed by atoms with Crippen LogP contribution in [-0.4, -0.2) is 13.7 Å². The van der Waals surface area contributed by atoms with Gasteiger partial charge in [0.25, 0.3) is 0 Å². The van der Waals surface area contributed by atoms with Gasteiger partial charge in [-0.05, 0) is 24.1 Å². The van der Waals surface area contributed by atoms with Crippen LogP contribution in [0.5, 0.6) is 17.2 Å². The topological polar surface area (TPSA) is 27.7 Å². The number of benzene rings is 2. The van der Waals surface area contributed by atoms with Crippen molar-refractivity contribution in [1.29, 1.82) is 0 Å². The Bertz CT molecular complexity index is 650. The summed E-state index contributed by atoms with van der Waals surface area (Å²) in [5, 5.41) is 0. The van der Waals surface area contributed by atoms with Crippen LogP contribution in [0.1, 0.15) is 17.2 Å². The lowest BCUT2D eigenvalue weighted by atomic mass is 9.85. The molecule has 4 rings (SSSR count). The molecule has 0 aromatic heterocycles. The number of methoxy groups -OCH3 is 1. The third-order valence-corrected chi connectivity index (χ3v) is 4.11. The van der Waals surface area contributed by atoms with Gasteiger partial charge < -0.3 is 14.2 Å². The van der Waals surface area contributed by atoms with Crippen LogP contribution in [0.15, 0.2) is 42.5 Å². The summed E-state index contributed by atoms with van der Waals surface area (Å²) < 4.78 is 17.6. The predicted octanol–water partition coefficient (Wildman–Crippen LogP) is 3.38. The molecule has 2 aromatic carbocycles. The van der Waals surface area contributed by atoms with Crippen molar-refractivity contribution in [3.63, 3.8) is 0 Å². The monoisotopic (exact) mass is 268 g/mol. The van der Waals surface area contributed by atoms with Crippen LogP contribution in [-0.2, 0) is 6.42 Å². The first-order valence-electron chi connectivity index (χ1n) is 6.91. The SMILES string of the molecule is COc1cccc2c1O[C@H]1c3ccccc3OC[C@@H]1C2. The van der Waals surface area contributed by atoms with Crippen molar-refractivity contribution in [3.05, 3.63) is 53.6 Å². The van der Waals surface area contributed by atoms with Gasteiger partial charge in [-0.1, -0.05) is 30.3 Å². The molecule has 0 radical (unpaired) electrons. The Kier molecular flexibility index (Phi) is 2.59. The number of ether oxygens (including phenoxy) is 3. The molecule has 2 heterocycles. The second-order valence-corrected chi connectivity index (χ2v) is 5.30. The van der Waals surface area contributed by atoms with Crippen molar-refractivity contribution in [2.75, 3.05) is 13.7 Å². The molecule has 20 heavy (non-hydrogen) atoms. The van der Waals surface area contributed by atoms with Crippen LogP contribution in [0.3, 0.4) is 0 Å². The highest BCUT2D eigenvalue weighted by atomic mass is 16.5. The highest BCUT2D eigenvalue weighted by Gasteiger charge is 2.37. The van der Waals surface area contributed by atoms with Gasteiger partial charge in [0.2, 0.25) is 0 Å². The van der Waals surface area contributed by atoms with Gasteiger partial charge in [-0.25, -0.2) is 0 Å². The van der Waals surface area contributed by atoms with E-state index in [-0.39, 0.29) is 6.10 Å². The molecule has 0 spiro atoms. The zero-order chi connectivity index (χ0) is 13.5. The van der Waals surface area contributed by atoms with E-state index in [1.54, 1.807) is 7.11 Å². The molecule has 0 N–H and O–H groups in total. The van der Waals surface area contributed by atoms with Crippen LogP contribution < -0.4 is 14.2 Å². The maximum Gasteiger partial charge on any atom is 0.165 e. The fourth-order valence-electron chi connectivity index (χ4n) is 3.14. The Morgan fingerprint density at radius 3 is 2.90 bits per heavy atom. The lowest BCUT2D eigenvalue weighted by Crippen LogP contribution is -2.34. The first kappa shape index (κ1) is 11.6. The minimum Gasteiger partial charge on any atom is -0.493 e. The zero-order valence-electron chi connectivity index (χ0n) is 11.3. The van der Waals surface area contributed by atoms with Crippen LogP contribution in [0.2, 0.25) is 0 Å². The van der Waals surface area contributed by atoms with E-state index in [2.05, 4.69) is 12.1 Å². The summed E-state index contributed by atoms with van der Waals surface area (Å²) >= 11 is 0. The van der Waals surface area contributed by atoms with Gasteiger partial charge in [0.05, 0.1) is 13.7 Å². The Morgan fingerprint density at radius 1 is 1.10 bits per heavy atom. The van der Waals surface area contributed by atoms with Gasteiger partial charge in [-0.2, -0.15) is 0 Å². The molecule has 2 atom stereocenters. The van der Waals surface area contributed by atoms with Crippen molar-refractivity contribution in [1.82, 2.24) is 0 Å². The van der Waals surface area contributed by atoms with Crippen LogP contribution >= 0.6 is 0 Å². The molecule has 0 aliphatic carbocycles. The molecule has 0 saturated heterocycles. The molecule has 0 fully saturated rings. The fraction of sp³-hybridized carbons (Fsp3) is 0.294. The van der Waals surface area contributed by atoms with E-state index in [9.17, 15) is 0 Å². The van der Waals surface area contributed by atoms with Crippen molar-refractivity contribution < 1.29 is 14.2 Å². The van der Waals surface area contributed by atoms with Gasteiger partial charge in [0.1, 0.15) is 11.9 Å². The molecule has 3 heteroatoms. The second kappa shape index (κ2) is 4.44. The average Bonchev–Trinajstić information content (AvgIpc) is 2.52. The standard InChI is InChI=1S/C17H16O3/c1-18-15-8-4-5-11-9-12-10-19-14-7-3-2-6-13(14)16(12)20-17(11)15/h2-8,12,16H,9-10H2,1H3/t12-,16+/m0/s1. The maximum atomic E-state index is 6.28. The Labute approximate surface area is 118 Å². The summed E-state index contributed by atoms with van der Waals surface area (Å²) in [4.78, 5) is 0. The van der Waals surface area contributed by atoms with Gasteiger partial charge in [0.15, 0.2) is 11.5 Å². The summed E-state index contributed by atoms with van der Waals surface area (Å²) in [6.45, 7) is 0.707. The first-order chi connectivity index (χ1) is 9.86. The van der Waals surface area contributed by atoms with Crippen molar-refractivity contribution >= 4 is 0 Å². The van der Waals surface area contributed by atoms with Crippen LogP contribution in [0, 0.1) is 5.92 Å². The Morgan fingerprint density at radius 2 is 2.00 bits per heavy atom. The van der Waals surface area contributed by atoms with Gasteiger partial charge in [-0.3, -0.25) is 0 Å². The molecular formula is C17H16O3. The lowest BCUT2D eigenvalue weighted by Gasteiger charge is -2.38. The summed E-state index contributed by atoms with van der Waals surface area (Å²) in [6, 6.07) is 14.2. The quantitative estimate of drug-likeness (QED) is 0.793. The van der Waals surface area contributed by atoms with E-state index in [0.29, 0.717) is 12.5 Å². The minimum absolute atomic E-state index is 0.0590. The largest absolute Gasteiger partial charge is 0.493 e. The highest BCUT2D eigenvalue weighted by molar-refractivity contribution is 5.50. The molecule has 102 valence electrons. The predicted molar refractivity (Wildman–Crippen MR) is 75.5 cm³/mol. The molecule has 0 saturated carbocycles. The normalized spacial score (nSPS) is 22.6. The second-order valence-electron chi connectivity index (χ2n) is 5.30. The number of para-hydroxylation sites is 2. The molecule has 0 amide bonds. The number of hydrogen-bond donors (Lipinski definition) is 0. The van der Waals surface area contributed by atoms with Crippen LogP contribution in [0.25, 0.3) is 0 Å². The molecule has 0 bridgehead atoms. The van der Waals surface area contributed by atoms with Gasteiger partial charge in [0, 0.05) is 11.5 Å². The van der Waals surface area contributed by atoms with E-state index < -0.39 is 0 Å². The molecule has 0 unspecified atom stereocenters. The summed E-state index contributed by atoms with van der Waals surface area (Å²) in [5.74, 6) is 2.99. The molecular weight excluding hydrogens is 252 g/mol. The van der Waals surface area contributed by atoms with Crippen LogP contribution in [0.4, 0.5) is 0 Å². The molecule has 3 nitrogen and oxygen atoms in total. The van der Waals surface area contributed by atoms with Crippen molar-refractivity contribution in [3.8, 4) is 17.2 Å². The highest BCUT2D eigenvalue weighted by Crippen LogP contribution is 2.47. The Balaban J connectivity index is 1.79. The summed E-state index contributed by atoms with van der Waals surface area (Å²) in [7, 11) is 1.68. The number of rotatable bonds is 1. The average molecular weight is 268 g/mol. The van der Waals surface area contributed by atoms with E-state index >= 15 is 0 Å². The summed E-state index contributed by atoms with van der Waals surface area (Å²) in [5.41, 5.74) is 2.34. The van der Waals surface area contributed by atoms with E-state index in [0.717, 1.165) is 29.2 Å². The third-order valence-electron chi connectivity index (χ3n) is 4.11. The van der Waals surface area contributed by atoms with E-state index in [1.165, 1.54) is 5.56 Å². The fourth-order valence-corrected chi connectivity index (χ4v) is 3.14. The Hall–Kier alpha value is -2.16. The molecule has 2 aliphatic heterocycles. The van der Waals surface area contributed by atoms with E-state index in [1.807, 2.05) is 30.3 Å². The molecule has 2 aliphatic rings. The lowest BCUT2D eigenvalue weighted by molar-refractivity contribution is 0.0518.